The molecule has 0 saturated heterocycles. The number of ether oxygens (including phenoxy) is 1. The number of benzene rings is 2. The highest BCUT2D eigenvalue weighted by Gasteiger charge is 2.30. The minimum Gasteiger partial charge on any atom is -0.507 e. The van der Waals surface area contributed by atoms with Gasteiger partial charge in [0.25, 0.3) is 5.91 Å². The predicted octanol–water partition coefficient (Wildman–Crippen LogP) is 3.57. The maximum absolute atomic E-state index is 13.2. The molecule has 0 spiro atoms. The first kappa shape index (κ1) is 22.7. The van der Waals surface area contributed by atoms with E-state index in [4.69, 9.17) is 16.3 Å². The van der Waals surface area contributed by atoms with Crippen molar-refractivity contribution in [3.63, 3.8) is 0 Å². The topological polar surface area (TPSA) is 82.1 Å². The van der Waals surface area contributed by atoms with Crippen LogP contribution in [0.4, 0.5) is 5.69 Å². The van der Waals surface area contributed by atoms with Gasteiger partial charge in [0, 0.05) is 43.0 Å². The van der Waals surface area contributed by atoms with E-state index in [0.29, 0.717) is 36.6 Å². The number of anilines is 1. The van der Waals surface area contributed by atoms with Crippen LogP contribution < -0.4 is 10.1 Å². The van der Waals surface area contributed by atoms with Gasteiger partial charge in [0.05, 0.1) is 17.7 Å². The number of nitrogens with zero attached hydrogens (tertiary/aromatic N) is 2. The number of rotatable bonds is 6. The molecular weight excluding hydrogens is 418 g/mol. The van der Waals surface area contributed by atoms with E-state index in [1.165, 1.54) is 19.3 Å². The minimum absolute atomic E-state index is 0.149. The average molecular weight is 444 g/mol. The summed E-state index contributed by atoms with van der Waals surface area (Å²) in [5.41, 5.74) is 3.10. The molecule has 2 N–H and O–H groups in total. The lowest BCUT2D eigenvalue weighted by atomic mass is 10.1. The number of hydrogen-bond donors (Lipinski definition) is 2. The molecule has 8 heteroatoms. The third kappa shape index (κ3) is 4.84. The molecule has 164 valence electrons. The number of phenolic OH excluding ortho intramolecular Hbond substituents is 1. The molecule has 1 heterocycles. The van der Waals surface area contributed by atoms with E-state index in [0.717, 1.165) is 11.1 Å². The second kappa shape index (κ2) is 9.41. The molecule has 1 aliphatic heterocycles. The first-order chi connectivity index (χ1) is 14.7. The summed E-state index contributed by atoms with van der Waals surface area (Å²) in [5, 5.41) is 13.6. The van der Waals surface area contributed by atoms with Crippen LogP contribution >= 0.6 is 11.6 Å². The van der Waals surface area contributed by atoms with Crippen LogP contribution in [0.15, 0.2) is 36.4 Å². The molecule has 0 saturated carbocycles. The molecule has 0 unspecified atom stereocenters. The van der Waals surface area contributed by atoms with Crippen LogP contribution in [0.3, 0.4) is 0 Å². The standard InChI is InChI=1S/C23H26ClN3O4/c1-14-21(18(28)11-19(31-4)22(14)24)23(30)27-12-15-7-5-8-17(16(15)13-27)25-20(29)9-6-10-26(2)3/h5-9,11,28H,10,12-13H2,1-4H3,(H,25,29)/b9-6+. The smallest absolute Gasteiger partial charge is 0.258 e. The van der Waals surface area contributed by atoms with Crippen LogP contribution in [0.25, 0.3) is 0 Å². The Kier molecular flexibility index (Phi) is 6.87. The van der Waals surface area contributed by atoms with Crippen LogP contribution in [0.5, 0.6) is 11.5 Å². The number of halogens is 1. The molecule has 1 aliphatic rings. The van der Waals surface area contributed by atoms with E-state index in [9.17, 15) is 14.7 Å². The Morgan fingerprint density at radius 3 is 2.74 bits per heavy atom. The van der Waals surface area contributed by atoms with Gasteiger partial charge in [0.2, 0.25) is 5.91 Å². The Morgan fingerprint density at radius 2 is 2.06 bits per heavy atom. The largest absolute Gasteiger partial charge is 0.507 e. The van der Waals surface area contributed by atoms with Gasteiger partial charge in [-0.05, 0) is 38.2 Å². The summed E-state index contributed by atoms with van der Waals surface area (Å²) in [4.78, 5) is 29.0. The fourth-order valence-electron chi connectivity index (χ4n) is 3.55. The maximum Gasteiger partial charge on any atom is 0.258 e. The highest BCUT2D eigenvalue weighted by molar-refractivity contribution is 6.33. The third-order valence-electron chi connectivity index (χ3n) is 5.15. The van der Waals surface area contributed by atoms with E-state index in [-0.39, 0.29) is 28.1 Å². The van der Waals surface area contributed by atoms with Gasteiger partial charge in [-0.25, -0.2) is 0 Å². The molecule has 2 aromatic rings. The lowest BCUT2D eigenvalue weighted by Crippen LogP contribution is -2.26. The van der Waals surface area contributed by atoms with Crippen molar-refractivity contribution in [2.45, 2.75) is 20.0 Å². The highest BCUT2D eigenvalue weighted by Crippen LogP contribution is 2.38. The highest BCUT2D eigenvalue weighted by atomic mass is 35.5. The van der Waals surface area contributed by atoms with Gasteiger partial charge in [-0.15, -0.1) is 0 Å². The van der Waals surface area contributed by atoms with Gasteiger partial charge >= 0.3 is 0 Å². The molecule has 0 atom stereocenters. The van der Waals surface area contributed by atoms with Gasteiger partial charge in [0.1, 0.15) is 11.5 Å². The second-order valence-corrected chi connectivity index (χ2v) is 8.05. The summed E-state index contributed by atoms with van der Waals surface area (Å²) >= 11 is 6.29. The van der Waals surface area contributed by atoms with Gasteiger partial charge in [-0.2, -0.15) is 0 Å². The number of fused-ring (bicyclic) bond motifs is 1. The molecular formula is C23H26ClN3O4. The first-order valence-electron chi connectivity index (χ1n) is 9.81. The van der Waals surface area contributed by atoms with Gasteiger partial charge < -0.3 is 25.0 Å². The van der Waals surface area contributed by atoms with E-state index < -0.39 is 0 Å². The number of carbonyl (C=O) groups excluding carboxylic acids is 2. The fourth-order valence-corrected chi connectivity index (χ4v) is 3.78. The molecule has 2 aromatic carbocycles. The Morgan fingerprint density at radius 1 is 1.32 bits per heavy atom. The molecule has 0 fully saturated rings. The monoisotopic (exact) mass is 443 g/mol. The van der Waals surface area contributed by atoms with E-state index in [1.54, 1.807) is 17.9 Å². The van der Waals surface area contributed by atoms with Gasteiger partial charge in [0.15, 0.2) is 0 Å². The van der Waals surface area contributed by atoms with E-state index in [2.05, 4.69) is 5.32 Å². The zero-order valence-corrected chi connectivity index (χ0v) is 18.8. The number of amides is 2. The predicted molar refractivity (Wildman–Crippen MR) is 121 cm³/mol. The Balaban J connectivity index is 1.81. The third-order valence-corrected chi connectivity index (χ3v) is 5.62. The van der Waals surface area contributed by atoms with E-state index in [1.807, 2.05) is 37.2 Å². The van der Waals surface area contributed by atoms with Gasteiger partial charge in [-0.3, -0.25) is 9.59 Å². The van der Waals surface area contributed by atoms with Crippen LogP contribution in [0.2, 0.25) is 5.02 Å². The SMILES string of the molecule is COc1cc(O)c(C(=O)N2Cc3cccc(NC(=O)/C=C/CN(C)C)c3C2)c(C)c1Cl. The van der Waals surface area contributed by atoms with Crippen LogP contribution in [-0.2, 0) is 17.9 Å². The Bertz CT molecular complexity index is 1050. The Hall–Kier alpha value is -3.03. The molecule has 3 rings (SSSR count). The maximum atomic E-state index is 13.2. The van der Waals surface area contributed by atoms with Crippen molar-refractivity contribution in [1.29, 1.82) is 0 Å². The molecule has 0 aromatic heterocycles. The molecule has 31 heavy (non-hydrogen) atoms. The number of nitrogens with one attached hydrogen (secondary N) is 1. The molecule has 2 amide bonds. The molecule has 7 nitrogen and oxygen atoms in total. The van der Waals surface area contributed by atoms with Crippen molar-refractivity contribution in [2.75, 3.05) is 33.1 Å². The summed E-state index contributed by atoms with van der Waals surface area (Å²) < 4.78 is 5.15. The zero-order chi connectivity index (χ0) is 22.7. The number of carbonyl (C=O) groups is 2. The molecule has 0 radical (unpaired) electrons. The minimum atomic E-state index is -0.334. The van der Waals surface area contributed by atoms with Crippen molar-refractivity contribution in [3.8, 4) is 11.5 Å². The molecule has 0 aliphatic carbocycles. The van der Waals surface area contributed by atoms with Crippen LogP contribution in [0, 0.1) is 6.92 Å². The Labute approximate surface area is 186 Å². The quantitative estimate of drug-likeness (QED) is 0.667. The average Bonchev–Trinajstić information content (AvgIpc) is 3.16. The number of hydrogen-bond acceptors (Lipinski definition) is 5. The summed E-state index contributed by atoms with van der Waals surface area (Å²) in [6.45, 7) is 3.02. The summed E-state index contributed by atoms with van der Waals surface area (Å²) in [6.07, 6.45) is 3.28. The van der Waals surface area contributed by atoms with Crippen molar-refractivity contribution in [3.05, 3.63) is 63.7 Å². The number of likely N-dealkylation sites (N-methyl/N-ethyl adjacent to an activating group) is 1. The first-order valence-corrected chi connectivity index (χ1v) is 10.2. The van der Waals surface area contributed by atoms with Crippen molar-refractivity contribution >= 4 is 29.1 Å². The molecule has 0 bridgehead atoms. The van der Waals surface area contributed by atoms with Crippen molar-refractivity contribution in [2.24, 2.45) is 0 Å². The number of phenols is 1. The van der Waals surface area contributed by atoms with Crippen LogP contribution in [0.1, 0.15) is 27.0 Å². The van der Waals surface area contributed by atoms with Crippen LogP contribution in [-0.4, -0.2) is 54.5 Å². The summed E-state index contributed by atoms with van der Waals surface area (Å²) in [7, 11) is 5.30. The zero-order valence-electron chi connectivity index (χ0n) is 18.0. The lowest BCUT2D eigenvalue weighted by molar-refractivity contribution is -0.111. The normalized spacial score (nSPS) is 13.0. The van der Waals surface area contributed by atoms with Crippen molar-refractivity contribution < 1.29 is 19.4 Å². The fraction of sp³-hybridized carbons (Fsp3) is 0.304. The summed E-state index contributed by atoms with van der Waals surface area (Å²) in [6, 6.07) is 6.93. The van der Waals surface area contributed by atoms with Gasteiger partial charge in [-0.1, -0.05) is 29.8 Å². The van der Waals surface area contributed by atoms with E-state index >= 15 is 0 Å². The second-order valence-electron chi connectivity index (χ2n) is 7.67. The number of aromatic hydroxyl groups is 1. The lowest BCUT2D eigenvalue weighted by Gasteiger charge is -2.19. The summed E-state index contributed by atoms with van der Waals surface area (Å²) in [5.74, 6) is -0.432. The number of methoxy groups -OCH3 is 1. The van der Waals surface area contributed by atoms with Crippen molar-refractivity contribution in [1.82, 2.24) is 9.80 Å².